The van der Waals surface area contributed by atoms with Gasteiger partial charge in [0.05, 0.1) is 0 Å². The Labute approximate surface area is 118 Å². The lowest BCUT2D eigenvalue weighted by atomic mass is 10.1. The van der Waals surface area contributed by atoms with Crippen molar-refractivity contribution < 1.29 is 9.26 Å². The maximum absolute atomic E-state index is 5.41. The molecule has 1 N–H and O–H groups in total. The molecule has 2 heterocycles. The Hall–Kier alpha value is -1.88. The van der Waals surface area contributed by atoms with Crippen molar-refractivity contribution in [2.24, 2.45) is 0 Å². The highest BCUT2D eigenvalue weighted by Gasteiger charge is 2.27. The molecule has 0 spiro atoms. The van der Waals surface area contributed by atoms with Gasteiger partial charge in [-0.25, -0.2) is 0 Å². The zero-order valence-corrected chi connectivity index (χ0v) is 11.8. The van der Waals surface area contributed by atoms with Gasteiger partial charge in [-0.1, -0.05) is 36.7 Å². The third kappa shape index (κ3) is 2.41. The fourth-order valence-electron chi connectivity index (χ4n) is 2.58. The molecule has 5 heteroatoms. The molecule has 5 nitrogen and oxygen atoms in total. The lowest BCUT2D eigenvalue weighted by Gasteiger charge is -2.08. The van der Waals surface area contributed by atoms with Crippen LogP contribution in [-0.2, 0) is 11.2 Å². The highest BCUT2D eigenvalue weighted by Crippen LogP contribution is 2.33. The van der Waals surface area contributed by atoms with Crippen LogP contribution in [0.3, 0.4) is 0 Å². The predicted molar refractivity (Wildman–Crippen MR) is 75.5 cm³/mol. The first-order chi connectivity index (χ1) is 9.81. The molecule has 1 aromatic heterocycles. The SMILES string of the molecule is CCCC(OC)c1noc(C2Cc3ccccc3N2)n1. The van der Waals surface area contributed by atoms with E-state index in [1.807, 2.05) is 12.1 Å². The van der Waals surface area contributed by atoms with E-state index >= 15 is 0 Å². The van der Waals surface area contributed by atoms with Gasteiger partial charge in [0.15, 0.2) is 0 Å². The van der Waals surface area contributed by atoms with Crippen molar-refractivity contribution in [3.05, 3.63) is 41.5 Å². The third-order valence-electron chi connectivity index (χ3n) is 3.65. The number of hydrogen-bond donors (Lipinski definition) is 1. The van der Waals surface area contributed by atoms with Crippen LogP contribution < -0.4 is 5.32 Å². The summed E-state index contributed by atoms with van der Waals surface area (Å²) in [5.41, 5.74) is 2.43. The Morgan fingerprint density at radius 3 is 3.05 bits per heavy atom. The molecule has 0 saturated heterocycles. The minimum absolute atomic E-state index is 0.0628. The van der Waals surface area contributed by atoms with E-state index in [-0.39, 0.29) is 12.1 Å². The zero-order chi connectivity index (χ0) is 13.9. The molecule has 0 amide bonds. The van der Waals surface area contributed by atoms with E-state index in [0.717, 1.165) is 24.9 Å². The van der Waals surface area contributed by atoms with Crippen molar-refractivity contribution >= 4 is 5.69 Å². The average Bonchev–Trinajstić information content (AvgIpc) is 3.10. The summed E-state index contributed by atoms with van der Waals surface area (Å²) in [5, 5.41) is 7.48. The fraction of sp³-hybridized carbons (Fsp3) is 0.467. The minimum atomic E-state index is -0.0821. The number of fused-ring (bicyclic) bond motifs is 1. The van der Waals surface area contributed by atoms with E-state index < -0.39 is 0 Å². The molecule has 0 fully saturated rings. The van der Waals surface area contributed by atoms with Crippen LogP contribution in [0.25, 0.3) is 0 Å². The van der Waals surface area contributed by atoms with Crippen molar-refractivity contribution in [3.8, 4) is 0 Å². The van der Waals surface area contributed by atoms with Gasteiger partial charge < -0.3 is 14.6 Å². The number of anilines is 1. The Morgan fingerprint density at radius 1 is 1.45 bits per heavy atom. The Bertz CT molecular complexity index is 557. The molecule has 0 radical (unpaired) electrons. The van der Waals surface area contributed by atoms with Crippen molar-refractivity contribution in [2.75, 3.05) is 12.4 Å². The Balaban J connectivity index is 1.75. The van der Waals surface area contributed by atoms with Gasteiger partial charge in [-0.15, -0.1) is 0 Å². The molecular weight excluding hydrogens is 254 g/mol. The molecule has 20 heavy (non-hydrogen) atoms. The summed E-state index contributed by atoms with van der Waals surface area (Å²) in [6.45, 7) is 2.11. The van der Waals surface area contributed by atoms with E-state index in [9.17, 15) is 0 Å². The van der Waals surface area contributed by atoms with E-state index in [4.69, 9.17) is 9.26 Å². The number of nitrogens with zero attached hydrogens (tertiary/aromatic N) is 2. The van der Waals surface area contributed by atoms with Gasteiger partial charge in [0, 0.05) is 19.2 Å². The van der Waals surface area contributed by atoms with Crippen LogP contribution in [0.1, 0.15) is 49.2 Å². The molecule has 0 saturated carbocycles. The van der Waals surface area contributed by atoms with Gasteiger partial charge in [-0.05, 0) is 18.1 Å². The number of rotatable bonds is 5. The van der Waals surface area contributed by atoms with Crippen LogP contribution >= 0.6 is 0 Å². The quantitative estimate of drug-likeness (QED) is 0.906. The lowest BCUT2D eigenvalue weighted by molar-refractivity contribution is 0.0854. The van der Waals surface area contributed by atoms with Crippen molar-refractivity contribution in [3.63, 3.8) is 0 Å². The molecule has 1 aliphatic heterocycles. The van der Waals surface area contributed by atoms with Crippen molar-refractivity contribution in [1.29, 1.82) is 0 Å². The maximum atomic E-state index is 5.41. The average molecular weight is 273 g/mol. The summed E-state index contributed by atoms with van der Waals surface area (Å²) in [5.74, 6) is 1.27. The van der Waals surface area contributed by atoms with Gasteiger partial charge in [0.2, 0.25) is 11.7 Å². The summed E-state index contributed by atoms with van der Waals surface area (Å²) in [7, 11) is 1.68. The first-order valence-corrected chi connectivity index (χ1v) is 7.02. The second-order valence-corrected chi connectivity index (χ2v) is 5.06. The molecular formula is C15H19N3O2. The third-order valence-corrected chi connectivity index (χ3v) is 3.65. The number of hydrogen-bond acceptors (Lipinski definition) is 5. The van der Waals surface area contributed by atoms with Crippen LogP contribution in [0.5, 0.6) is 0 Å². The van der Waals surface area contributed by atoms with Gasteiger partial charge >= 0.3 is 0 Å². The minimum Gasteiger partial charge on any atom is -0.373 e. The number of aromatic nitrogens is 2. The molecule has 2 atom stereocenters. The summed E-state index contributed by atoms with van der Waals surface area (Å²) >= 11 is 0. The van der Waals surface area contributed by atoms with E-state index in [1.165, 1.54) is 5.56 Å². The molecule has 3 rings (SSSR count). The van der Waals surface area contributed by atoms with Crippen LogP contribution in [0.4, 0.5) is 5.69 Å². The Morgan fingerprint density at radius 2 is 2.30 bits per heavy atom. The van der Waals surface area contributed by atoms with Crippen LogP contribution in [0, 0.1) is 0 Å². The summed E-state index contributed by atoms with van der Waals surface area (Å²) in [4.78, 5) is 4.50. The lowest BCUT2D eigenvalue weighted by Crippen LogP contribution is -2.07. The van der Waals surface area contributed by atoms with Crippen LogP contribution in [0.2, 0.25) is 0 Å². The topological polar surface area (TPSA) is 60.2 Å². The van der Waals surface area contributed by atoms with Crippen molar-refractivity contribution in [2.45, 2.75) is 38.3 Å². The van der Waals surface area contributed by atoms with E-state index in [2.05, 4.69) is 34.5 Å². The standard InChI is InChI=1S/C15H19N3O2/c1-3-6-13(19-2)14-17-15(20-18-14)12-9-10-7-4-5-8-11(10)16-12/h4-5,7-8,12-13,16H,3,6,9H2,1-2H3. The second kappa shape index (κ2) is 5.63. The predicted octanol–water partition coefficient (Wildman–Crippen LogP) is 3.27. The van der Waals surface area contributed by atoms with Gasteiger partial charge in [-0.2, -0.15) is 4.98 Å². The molecule has 2 aromatic rings. The largest absolute Gasteiger partial charge is 0.373 e. The highest BCUT2D eigenvalue weighted by molar-refractivity contribution is 5.56. The molecule has 1 aliphatic rings. The number of methoxy groups -OCH3 is 1. The van der Waals surface area contributed by atoms with Crippen LogP contribution in [-0.4, -0.2) is 17.3 Å². The molecule has 106 valence electrons. The fourth-order valence-corrected chi connectivity index (χ4v) is 2.58. The maximum Gasteiger partial charge on any atom is 0.249 e. The number of para-hydroxylation sites is 1. The van der Waals surface area contributed by atoms with Crippen LogP contribution in [0.15, 0.2) is 28.8 Å². The van der Waals surface area contributed by atoms with Gasteiger partial charge in [0.25, 0.3) is 0 Å². The summed E-state index contributed by atoms with van der Waals surface area (Å²) < 4.78 is 10.8. The molecule has 0 aliphatic carbocycles. The first kappa shape index (κ1) is 13.1. The van der Waals surface area contributed by atoms with E-state index in [1.54, 1.807) is 7.11 Å². The van der Waals surface area contributed by atoms with Gasteiger partial charge in [0.1, 0.15) is 12.1 Å². The molecule has 2 unspecified atom stereocenters. The monoisotopic (exact) mass is 273 g/mol. The first-order valence-electron chi connectivity index (χ1n) is 7.02. The Kier molecular flexibility index (Phi) is 3.69. The number of nitrogens with one attached hydrogen (secondary N) is 1. The van der Waals surface area contributed by atoms with Gasteiger partial charge in [-0.3, -0.25) is 0 Å². The number of benzene rings is 1. The summed E-state index contributed by atoms with van der Waals surface area (Å²) in [6.07, 6.45) is 2.72. The smallest absolute Gasteiger partial charge is 0.249 e. The number of ether oxygens (including phenoxy) is 1. The highest BCUT2D eigenvalue weighted by atomic mass is 16.5. The zero-order valence-electron chi connectivity index (χ0n) is 11.8. The van der Waals surface area contributed by atoms with E-state index in [0.29, 0.717) is 11.7 Å². The molecule has 0 bridgehead atoms. The normalized spacial score (nSPS) is 18.6. The van der Waals surface area contributed by atoms with Crippen molar-refractivity contribution in [1.82, 2.24) is 10.1 Å². The summed E-state index contributed by atoms with van der Waals surface area (Å²) in [6, 6.07) is 8.32. The molecule has 1 aromatic carbocycles. The second-order valence-electron chi connectivity index (χ2n) is 5.06.